The Balaban J connectivity index is 1.60. The Morgan fingerprint density at radius 2 is 2.14 bits per heavy atom. The summed E-state index contributed by atoms with van der Waals surface area (Å²) in [6.07, 6.45) is 4.96. The molecule has 6 nitrogen and oxygen atoms in total. The molecule has 2 fully saturated rings. The van der Waals surface area contributed by atoms with Crippen LogP contribution >= 0.6 is 0 Å². The van der Waals surface area contributed by atoms with Crippen LogP contribution in [0.1, 0.15) is 43.5 Å². The predicted octanol–water partition coefficient (Wildman–Crippen LogP) is 1.86. The minimum Gasteiger partial charge on any atom is -0.351 e. The summed E-state index contributed by atoms with van der Waals surface area (Å²) in [7, 11) is 0. The lowest BCUT2D eigenvalue weighted by Crippen LogP contribution is -2.33. The maximum Gasteiger partial charge on any atom is 0.225 e. The van der Waals surface area contributed by atoms with Crippen molar-refractivity contribution < 1.29 is 4.79 Å². The topological polar surface area (TPSA) is 81.9 Å². The summed E-state index contributed by atoms with van der Waals surface area (Å²) >= 11 is 0. The van der Waals surface area contributed by atoms with Gasteiger partial charge in [0.2, 0.25) is 11.9 Å². The van der Waals surface area contributed by atoms with Crippen LogP contribution in [-0.4, -0.2) is 39.9 Å². The summed E-state index contributed by atoms with van der Waals surface area (Å²) in [6, 6.07) is 3.92. The van der Waals surface area contributed by atoms with Gasteiger partial charge in [-0.05, 0) is 45.1 Å². The van der Waals surface area contributed by atoms with Gasteiger partial charge in [0.15, 0.2) is 0 Å². The maximum atomic E-state index is 12.4. The SMILES string of the molecule is Cc1cc(C#N)nc(N[C@H]2CC[C@@H](C(=O)N3CCCC3)C2)n1. The molecule has 1 amide bonds. The number of carbonyl (C=O) groups excluding carboxylic acids is 1. The van der Waals surface area contributed by atoms with E-state index in [0.717, 1.165) is 50.9 Å². The minimum absolute atomic E-state index is 0.121. The first-order valence-electron chi connectivity index (χ1n) is 7.97. The number of amides is 1. The van der Waals surface area contributed by atoms with Crippen LogP contribution in [0.4, 0.5) is 5.95 Å². The van der Waals surface area contributed by atoms with E-state index in [2.05, 4.69) is 15.3 Å². The number of carbonyl (C=O) groups is 1. The molecule has 0 unspecified atom stereocenters. The van der Waals surface area contributed by atoms with Crippen molar-refractivity contribution in [3.63, 3.8) is 0 Å². The Morgan fingerprint density at radius 1 is 1.36 bits per heavy atom. The Hall–Kier alpha value is -2.16. The standard InChI is InChI=1S/C16H21N5O/c1-11-8-14(10-17)20-16(18-11)19-13-5-4-12(9-13)15(22)21-6-2-3-7-21/h8,12-13H,2-7,9H2,1H3,(H,18,19,20)/t12-,13+/m1/s1. The van der Waals surface area contributed by atoms with Gasteiger partial charge in [-0.25, -0.2) is 9.97 Å². The number of aryl methyl sites for hydroxylation is 1. The van der Waals surface area contributed by atoms with Crippen LogP contribution in [-0.2, 0) is 4.79 Å². The number of rotatable bonds is 3. The van der Waals surface area contributed by atoms with E-state index in [1.54, 1.807) is 6.07 Å². The summed E-state index contributed by atoms with van der Waals surface area (Å²) in [5.74, 6) is 0.927. The Labute approximate surface area is 130 Å². The molecule has 116 valence electrons. The molecule has 1 aromatic rings. The quantitative estimate of drug-likeness (QED) is 0.921. The zero-order valence-electron chi connectivity index (χ0n) is 12.9. The third-order valence-corrected chi connectivity index (χ3v) is 4.50. The van der Waals surface area contributed by atoms with E-state index in [1.165, 1.54) is 0 Å². The van der Waals surface area contributed by atoms with E-state index in [4.69, 9.17) is 5.26 Å². The largest absolute Gasteiger partial charge is 0.351 e. The van der Waals surface area contributed by atoms with Gasteiger partial charge in [0, 0.05) is 30.7 Å². The first-order chi connectivity index (χ1) is 10.7. The highest BCUT2D eigenvalue weighted by Gasteiger charge is 2.33. The number of nitriles is 1. The van der Waals surface area contributed by atoms with Gasteiger partial charge >= 0.3 is 0 Å². The second-order valence-electron chi connectivity index (χ2n) is 6.21. The van der Waals surface area contributed by atoms with E-state index in [-0.39, 0.29) is 12.0 Å². The molecule has 1 aromatic heterocycles. The fraction of sp³-hybridized carbons (Fsp3) is 0.625. The third kappa shape index (κ3) is 3.19. The molecule has 0 aromatic carbocycles. The summed E-state index contributed by atoms with van der Waals surface area (Å²) in [5, 5.41) is 12.3. The molecule has 3 rings (SSSR count). The molecule has 1 N–H and O–H groups in total. The molecule has 2 heterocycles. The molecule has 6 heteroatoms. The zero-order valence-corrected chi connectivity index (χ0v) is 12.9. The number of anilines is 1. The van der Waals surface area contributed by atoms with Gasteiger partial charge in [-0.15, -0.1) is 0 Å². The molecule has 2 atom stereocenters. The number of hydrogen-bond donors (Lipinski definition) is 1. The van der Waals surface area contributed by atoms with Crippen molar-refractivity contribution in [3.05, 3.63) is 17.5 Å². The lowest BCUT2D eigenvalue weighted by molar-refractivity contribution is -0.134. The molecule has 1 aliphatic heterocycles. The van der Waals surface area contributed by atoms with Crippen LogP contribution in [0.5, 0.6) is 0 Å². The highest BCUT2D eigenvalue weighted by atomic mass is 16.2. The van der Waals surface area contributed by atoms with E-state index >= 15 is 0 Å². The zero-order chi connectivity index (χ0) is 15.5. The number of likely N-dealkylation sites (tertiary alicyclic amines) is 1. The van der Waals surface area contributed by atoms with Crippen molar-refractivity contribution in [1.82, 2.24) is 14.9 Å². The Kier molecular flexibility index (Phi) is 4.23. The van der Waals surface area contributed by atoms with Crippen LogP contribution in [0.2, 0.25) is 0 Å². The van der Waals surface area contributed by atoms with Crippen molar-refractivity contribution in [2.24, 2.45) is 5.92 Å². The maximum absolute atomic E-state index is 12.4. The Morgan fingerprint density at radius 3 is 2.86 bits per heavy atom. The molecule has 0 spiro atoms. The van der Waals surface area contributed by atoms with E-state index in [0.29, 0.717) is 17.5 Å². The van der Waals surface area contributed by atoms with Crippen LogP contribution in [0.25, 0.3) is 0 Å². The molecule has 0 radical (unpaired) electrons. The summed E-state index contributed by atoms with van der Waals surface area (Å²) in [4.78, 5) is 22.9. The second kappa shape index (κ2) is 6.30. The van der Waals surface area contributed by atoms with Gasteiger partial charge in [-0.3, -0.25) is 4.79 Å². The van der Waals surface area contributed by atoms with Crippen LogP contribution in [0, 0.1) is 24.2 Å². The summed E-state index contributed by atoms with van der Waals surface area (Å²) in [6.45, 7) is 3.68. The van der Waals surface area contributed by atoms with Gasteiger partial charge in [0.25, 0.3) is 0 Å². The monoisotopic (exact) mass is 299 g/mol. The first-order valence-corrected chi connectivity index (χ1v) is 7.97. The second-order valence-corrected chi connectivity index (χ2v) is 6.21. The van der Waals surface area contributed by atoms with Crippen molar-refractivity contribution in [3.8, 4) is 6.07 Å². The molecule has 1 saturated heterocycles. The fourth-order valence-electron chi connectivity index (χ4n) is 3.41. The van der Waals surface area contributed by atoms with Crippen molar-refractivity contribution >= 4 is 11.9 Å². The average Bonchev–Trinajstić information content (AvgIpc) is 3.17. The smallest absolute Gasteiger partial charge is 0.225 e. The van der Waals surface area contributed by atoms with Gasteiger partial charge in [-0.2, -0.15) is 5.26 Å². The third-order valence-electron chi connectivity index (χ3n) is 4.50. The number of nitrogens with zero attached hydrogens (tertiary/aromatic N) is 4. The van der Waals surface area contributed by atoms with Crippen LogP contribution in [0.3, 0.4) is 0 Å². The summed E-state index contributed by atoms with van der Waals surface area (Å²) < 4.78 is 0. The van der Waals surface area contributed by atoms with Crippen molar-refractivity contribution in [2.75, 3.05) is 18.4 Å². The van der Waals surface area contributed by atoms with E-state index in [1.807, 2.05) is 17.9 Å². The molecular formula is C16H21N5O. The van der Waals surface area contributed by atoms with E-state index in [9.17, 15) is 4.79 Å². The van der Waals surface area contributed by atoms with Crippen LogP contribution < -0.4 is 5.32 Å². The van der Waals surface area contributed by atoms with Crippen molar-refractivity contribution in [1.29, 1.82) is 5.26 Å². The molecule has 2 aliphatic rings. The highest BCUT2D eigenvalue weighted by Crippen LogP contribution is 2.30. The molecule has 1 aliphatic carbocycles. The molecule has 0 bridgehead atoms. The minimum atomic E-state index is 0.121. The normalized spacial score (nSPS) is 24.3. The number of nitrogens with one attached hydrogen (secondary N) is 1. The lowest BCUT2D eigenvalue weighted by atomic mass is 10.1. The molecule has 1 saturated carbocycles. The summed E-state index contributed by atoms with van der Waals surface area (Å²) in [5.41, 5.74) is 1.15. The molecular weight excluding hydrogens is 278 g/mol. The van der Waals surface area contributed by atoms with Gasteiger partial charge < -0.3 is 10.2 Å². The van der Waals surface area contributed by atoms with Crippen LogP contribution in [0.15, 0.2) is 6.07 Å². The van der Waals surface area contributed by atoms with Gasteiger partial charge in [0.1, 0.15) is 11.8 Å². The average molecular weight is 299 g/mol. The number of hydrogen-bond acceptors (Lipinski definition) is 5. The van der Waals surface area contributed by atoms with Crippen molar-refractivity contribution in [2.45, 2.75) is 45.1 Å². The lowest BCUT2D eigenvalue weighted by Gasteiger charge is -2.20. The number of aromatic nitrogens is 2. The predicted molar refractivity (Wildman–Crippen MR) is 82.0 cm³/mol. The van der Waals surface area contributed by atoms with E-state index < -0.39 is 0 Å². The fourth-order valence-corrected chi connectivity index (χ4v) is 3.41. The van der Waals surface area contributed by atoms with Gasteiger partial charge in [0.05, 0.1) is 0 Å². The highest BCUT2D eigenvalue weighted by molar-refractivity contribution is 5.79. The molecule has 22 heavy (non-hydrogen) atoms. The first kappa shape index (κ1) is 14.8. The van der Waals surface area contributed by atoms with Gasteiger partial charge in [-0.1, -0.05) is 0 Å². The Bertz CT molecular complexity index is 603.